The summed E-state index contributed by atoms with van der Waals surface area (Å²) in [7, 11) is 0. The van der Waals surface area contributed by atoms with Crippen molar-refractivity contribution in [3.05, 3.63) is 23.2 Å². The van der Waals surface area contributed by atoms with Gasteiger partial charge in [0.2, 0.25) is 0 Å². The number of rotatable bonds is 3. The number of piperidine rings is 1. The molecule has 2 aliphatic heterocycles. The minimum absolute atomic E-state index is 0. The van der Waals surface area contributed by atoms with E-state index >= 15 is 0 Å². The van der Waals surface area contributed by atoms with Gasteiger partial charge in [0, 0.05) is 12.1 Å². The number of halogens is 2. The van der Waals surface area contributed by atoms with Crippen LogP contribution in [0.15, 0.2) is 23.2 Å². The highest BCUT2D eigenvalue weighted by Crippen LogP contribution is 2.34. The molecular formula is C14H18BrClN6O. The number of aromatic nitrogens is 4. The molecule has 0 radical (unpaired) electrons. The number of anilines is 1. The van der Waals surface area contributed by atoms with Crippen molar-refractivity contribution in [3.63, 3.8) is 0 Å². The molecule has 0 aliphatic carbocycles. The van der Waals surface area contributed by atoms with E-state index in [-0.39, 0.29) is 18.2 Å². The van der Waals surface area contributed by atoms with E-state index in [1.54, 1.807) is 6.20 Å². The van der Waals surface area contributed by atoms with Gasteiger partial charge in [-0.3, -0.25) is 4.68 Å². The number of ether oxygens (including phenoxy) is 1. The van der Waals surface area contributed by atoms with Gasteiger partial charge in [-0.05, 0) is 41.6 Å². The van der Waals surface area contributed by atoms with Crippen molar-refractivity contribution in [3.8, 4) is 11.6 Å². The van der Waals surface area contributed by atoms with E-state index < -0.39 is 0 Å². The maximum Gasteiger partial charge on any atom is 0.263 e. The van der Waals surface area contributed by atoms with Crippen molar-refractivity contribution in [2.45, 2.75) is 43.8 Å². The third kappa shape index (κ3) is 3.44. The second kappa shape index (κ2) is 6.62. The normalized spacial score (nSPS) is 25.9. The highest BCUT2D eigenvalue weighted by molar-refractivity contribution is 9.10. The maximum absolute atomic E-state index is 5.78. The molecule has 2 atom stereocenters. The first-order chi connectivity index (χ1) is 10.7. The van der Waals surface area contributed by atoms with Crippen LogP contribution >= 0.6 is 28.3 Å². The fourth-order valence-electron chi connectivity index (χ4n) is 3.36. The van der Waals surface area contributed by atoms with E-state index in [4.69, 9.17) is 10.5 Å². The summed E-state index contributed by atoms with van der Waals surface area (Å²) in [5.41, 5.74) is 5.78. The first-order valence-electron chi connectivity index (χ1n) is 7.43. The van der Waals surface area contributed by atoms with Crippen LogP contribution in [0, 0.1) is 0 Å². The summed E-state index contributed by atoms with van der Waals surface area (Å²) in [6.45, 7) is 0. The SMILES string of the molecule is Cl.Nc1ncc(Br)nc1Oc1cnn(C2CC3CCC(C2)N3)c1. The predicted octanol–water partition coefficient (Wildman–Crippen LogP) is 2.69. The first kappa shape index (κ1) is 16.5. The van der Waals surface area contributed by atoms with Crippen molar-refractivity contribution < 1.29 is 4.74 Å². The number of hydrogen-bond acceptors (Lipinski definition) is 6. The molecule has 0 amide bonds. The van der Waals surface area contributed by atoms with Crippen molar-refractivity contribution in [1.82, 2.24) is 25.1 Å². The molecule has 2 fully saturated rings. The summed E-state index contributed by atoms with van der Waals surface area (Å²) in [5, 5.41) is 8.09. The lowest BCUT2D eigenvalue weighted by Gasteiger charge is -2.29. The lowest BCUT2D eigenvalue weighted by molar-refractivity contribution is 0.281. The third-order valence-corrected chi connectivity index (χ3v) is 4.73. The molecule has 0 spiro atoms. The Balaban J connectivity index is 0.00000156. The average molecular weight is 402 g/mol. The molecule has 23 heavy (non-hydrogen) atoms. The summed E-state index contributed by atoms with van der Waals surface area (Å²) in [6, 6.07) is 1.69. The van der Waals surface area contributed by atoms with E-state index in [9.17, 15) is 0 Å². The van der Waals surface area contributed by atoms with Crippen molar-refractivity contribution in [2.75, 3.05) is 5.73 Å². The van der Waals surface area contributed by atoms with Gasteiger partial charge in [0.05, 0.1) is 24.6 Å². The summed E-state index contributed by atoms with van der Waals surface area (Å²) in [5.74, 6) is 1.18. The highest BCUT2D eigenvalue weighted by atomic mass is 79.9. The van der Waals surface area contributed by atoms with Gasteiger partial charge >= 0.3 is 0 Å². The van der Waals surface area contributed by atoms with Gasteiger partial charge in [0.1, 0.15) is 4.60 Å². The molecule has 9 heteroatoms. The van der Waals surface area contributed by atoms with Crippen LogP contribution < -0.4 is 15.8 Å². The van der Waals surface area contributed by atoms with E-state index in [1.165, 1.54) is 19.0 Å². The van der Waals surface area contributed by atoms with Crippen LogP contribution in [0.1, 0.15) is 31.7 Å². The largest absolute Gasteiger partial charge is 0.433 e. The molecule has 2 aromatic rings. The second-order valence-electron chi connectivity index (χ2n) is 5.90. The Hall–Kier alpha value is -1.38. The van der Waals surface area contributed by atoms with Gasteiger partial charge in [-0.25, -0.2) is 9.97 Å². The molecule has 0 saturated carbocycles. The predicted molar refractivity (Wildman–Crippen MR) is 91.9 cm³/mol. The Kier molecular flexibility index (Phi) is 4.74. The van der Waals surface area contributed by atoms with Gasteiger partial charge in [0.15, 0.2) is 11.6 Å². The van der Waals surface area contributed by atoms with Gasteiger partial charge < -0.3 is 15.8 Å². The fraction of sp³-hybridized carbons (Fsp3) is 0.500. The molecule has 2 unspecified atom stereocenters. The van der Waals surface area contributed by atoms with Crippen LogP contribution in [0.3, 0.4) is 0 Å². The Morgan fingerprint density at radius 2 is 2.00 bits per heavy atom. The molecule has 4 heterocycles. The van der Waals surface area contributed by atoms with Crippen LogP contribution in [0.4, 0.5) is 5.82 Å². The molecule has 2 bridgehead atoms. The Labute approximate surface area is 148 Å². The minimum Gasteiger partial charge on any atom is -0.433 e. The number of nitrogens with two attached hydrogens (primary N) is 1. The maximum atomic E-state index is 5.78. The standard InChI is InChI=1S/C14H17BrN6O.ClH/c15-12-6-17-13(16)14(20-12)22-11-5-18-21(7-11)10-3-8-1-2-9(4-10)19-8;/h5-10,19H,1-4H2,(H2,16,17);1H. The number of nitrogen functional groups attached to an aromatic ring is 1. The summed E-state index contributed by atoms with van der Waals surface area (Å²) in [4.78, 5) is 8.19. The summed E-state index contributed by atoms with van der Waals surface area (Å²) >= 11 is 3.26. The molecular weight excluding hydrogens is 384 g/mol. The molecule has 124 valence electrons. The zero-order valence-corrected chi connectivity index (χ0v) is 14.8. The van der Waals surface area contributed by atoms with E-state index in [0.717, 1.165) is 12.8 Å². The fourth-order valence-corrected chi connectivity index (χ4v) is 3.63. The quantitative estimate of drug-likeness (QED) is 0.822. The zero-order valence-electron chi connectivity index (χ0n) is 12.4. The molecule has 3 N–H and O–H groups in total. The van der Waals surface area contributed by atoms with Gasteiger partial charge in [-0.15, -0.1) is 12.4 Å². The van der Waals surface area contributed by atoms with Gasteiger partial charge in [-0.1, -0.05) is 0 Å². The van der Waals surface area contributed by atoms with Crippen LogP contribution in [0.25, 0.3) is 0 Å². The van der Waals surface area contributed by atoms with Gasteiger partial charge in [0.25, 0.3) is 5.88 Å². The lowest BCUT2D eigenvalue weighted by Crippen LogP contribution is -2.38. The summed E-state index contributed by atoms with van der Waals surface area (Å²) in [6.07, 6.45) is 9.94. The molecule has 4 rings (SSSR count). The Bertz CT molecular complexity index is 684. The smallest absolute Gasteiger partial charge is 0.263 e. The average Bonchev–Trinajstić information content (AvgIpc) is 3.10. The monoisotopic (exact) mass is 400 g/mol. The number of fused-ring (bicyclic) bond motifs is 2. The Morgan fingerprint density at radius 3 is 2.74 bits per heavy atom. The first-order valence-corrected chi connectivity index (χ1v) is 8.23. The Morgan fingerprint density at radius 1 is 1.26 bits per heavy atom. The van der Waals surface area contributed by atoms with Crippen LogP contribution in [-0.2, 0) is 0 Å². The number of hydrogen-bond donors (Lipinski definition) is 2. The van der Waals surface area contributed by atoms with Crippen LogP contribution in [0.2, 0.25) is 0 Å². The van der Waals surface area contributed by atoms with E-state index in [1.807, 2.05) is 10.9 Å². The molecule has 2 saturated heterocycles. The van der Waals surface area contributed by atoms with Gasteiger partial charge in [-0.2, -0.15) is 5.10 Å². The van der Waals surface area contributed by atoms with Crippen molar-refractivity contribution in [2.24, 2.45) is 0 Å². The molecule has 2 aromatic heterocycles. The highest BCUT2D eigenvalue weighted by Gasteiger charge is 2.34. The number of nitrogens with zero attached hydrogens (tertiary/aromatic N) is 4. The van der Waals surface area contributed by atoms with Crippen LogP contribution in [0.5, 0.6) is 11.6 Å². The third-order valence-electron chi connectivity index (χ3n) is 4.35. The second-order valence-corrected chi connectivity index (χ2v) is 6.72. The van der Waals surface area contributed by atoms with E-state index in [2.05, 4.69) is 36.3 Å². The van der Waals surface area contributed by atoms with E-state index in [0.29, 0.717) is 34.4 Å². The molecule has 2 aliphatic rings. The molecule has 0 aromatic carbocycles. The molecule has 7 nitrogen and oxygen atoms in total. The van der Waals surface area contributed by atoms with Crippen molar-refractivity contribution >= 4 is 34.2 Å². The zero-order chi connectivity index (χ0) is 15.1. The van der Waals surface area contributed by atoms with Crippen molar-refractivity contribution in [1.29, 1.82) is 0 Å². The lowest BCUT2D eigenvalue weighted by atomic mass is 10.0. The minimum atomic E-state index is 0. The topological polar surface area (TPSA) is 90.9 Å². The summed E-state index contributed by atoms with van der Waals surface area (Å²) < 4.78 is 8.29. The number of nitrogens with one attached hydrogen (secondary N) is 1. The van der Waals surface area contributed by atoms with Crippen LogP contribution in [-0.4, -0.2) is 31.8 Å².